The van der Waals surface area contributed by atoms with Gasteiger partial charge in [0.2, 0.25) is 0 Å². The van der Waals surface area contributed by atoms with Gasteiger partial charge in [-0.3, -0.25) is 14.9 Å². The lowest BCUT2D eigenvalue weighted by molar-refractivity contribution is -0.384. The van der Waals surface area contributed by atoms with Gasteiger partial charge in [-0.25, -0.2) is 0 Å². The zero-order valence-electron chi connectivity index (χ0n) is 9.58. The minimum absolute atomic E-state index is 0.0319. The van der Waals surface area contributed by atoms with E-state index in [9.17, 15) is 14.9 Å². The second-order valence-corrected chi connectivity index (χ2v) is 5.41. The van der Waals surface area contributed by atoms with Crippen LogP contribution in [0, 0.1) is 10.1 Å². The lowest BCUT2D eigenvalue weighted by Crippen LogP contribution is -1.90. The quantitative estimate of drug-likeness (QED) is 0.361. The van der Waals surface area contributed by atoms with Gasteiger partial charge in [-0.15, -0.1) is 11.3 Å². The maximum Gasteiger partial charge on any atom is 0.269 e. The van der Waals surface area contributed by atoms with Crippen LogP contribution in [0.25, 0.3) is 6.08 Å². The number of thiophene rings is 1. The Morgan fingerprint density at radius 3 is 2.47 bits per heavy atom. The number of nitrogens with zero attached hydrogens (tertiary/aromatic N) is 1. The standard InChI is InChI=1S/C13H8BrNO3S/c14-11-7-8-19-13(11)12(16)6-3-9-1-4-10(5-2-9)15(17)18/h1-8H. The molecule has 1 heterocycles. The Hall–Kier alpha value is -1.79. The van der Waals surface area contributed by atoms with Crippen LogP contribution in [0.4, 0.5) is 5.69 Å². The number of benzene rings is 1. The topological polar surface area (TPSA) is 60.2 Å². The second-order valence-electron chi connectivity index (χ2n) is 3.64. The number of rotatable bonds is 4. The van der Waals surface area contributed by atoms with Crippen LogP contribution >= 0.6 is 27.3 Å². The van der Waals surface area contributed by atoms with Crippen molar-refractivity contribution in [2.45, 2.75) is 0 Å². The van der Waals surface area contributed by atoms with Gasteiger partial charge in [-0.05, 0) is 51.1 Å². The van der Waals surface area contributed by atoms with Crippen LogP contribution in [0.5, 0.6) is 0 Å². The molecule has 2 rings (SSSR count). The lowest BCUT2D eigenvalue weighted by Gasteiger charge is -1.94. The van der Waals surface area contributed by atoms with Gasteiger partial charge < -0.3 is 0 Å². The van der Waals surface area contributed by atoms with Crippen LogP contribution in [0.15, 0.2) is 46.3 Å². The van der Waals surface area contributed by atoms with Crippen LogP contribution in [0.3, 0.4) is 0 Å². The van der Waals surface area contributed by atoms with Crippen molar-refractivity contribution >= 4 is 44.8 Å². The molecule has 0 aliphatic rings. The summed E-state index contributed by atoms with van der Waals surface area (Å²) in [5.41, 5.74) is 0.774. The van der Waals surface area contributed by atoms with Gasteiger partial charge in [0.1, 0.15) is 0 Å². The minimum atomic E-state index is -0.457. The fourth-order valence-corrected chi connectivity index (χ4v) is 2.91. The molecule has 1 aromatic heterocycles. The molecule has 0 aliphatic carbocycles. The molecule has 0 bridgehead atoms. The van der Waals surface area contributed by atoms with E-state index in [1.807, 2.05) is 11.4 Å². The van der Waals surface area contributed by atoms with E-state index >= 15 is 0 Å². The Labute approximate surface area is 121 Å². The highest BCUT2D eigenvalue weighted by Gasteiger charge is 2.08. The van der Waals surface area contributed by atoms with Gasteiger partial charge in [0.05, 0.1) is 9.80 Å². The van der Waals surface area contributed by atoms with Crippen molar-refractivity contribution in [1.82, 2.24) is 0 Å². The highest BCUT2D eigenvalue weighted by molar-refractivity contribution is 9.10. The molecule has 0 atom stereocenters. The summed E-state index contributed by atoms with van der Waals surface area (Å²) in [5, 5.41) is 12.3. The number of nitro benzene ring substituents is 1. The van der Waals surface area contributed by atoms with Gasteiger partial charge >= 0.3 is 0 Å². The molecule has 0 aliphatic heterocycles. The molecule has 0 unspecified atom stereocenters. The predicted molar refractivity (Wildman–Crippen MR) is 78.5 cm³/mol. The predicted octanol–water partition coefficient (Wildman–Crippen LogP) is 4.31. The zero-order chi connectivity index (χ0) is 13.8. The first-order chi connectivity index (χ1) is 9.08. The Balaban J connectivity index is 2.13. The summed E-state index contributed by atoms with van der Waals surface area (Å²) in [7, 11) is 0. The molecular weight excluding hydrogens is 330 g/mol. The monoisotopic (exact) mass is 337 g/mol. The van der Waals surface area contributed by atoms with E-state index in [0.29, 0.717) is 4.88 Å². The first kappa shape index (κ1) is 13.6. The summed E-state index contributed by atoms with van der Waals surface area (Å²) in [6.07, 6.45) is 3.09. The molecule has 0 radical (unpaired) electrons. The number of non-ortho nitro benzene ring substituents is 1. The van der Waals surface area contributed by atoms with Crippen molar-refractivity contribution in [1.29, 1.82) is 0 Å². The van der Waals surface area contributed by atoms with E-state index in [0.717, 1.165) is 10.0 Å². The van der Waals surface area contributed by atoms with Crippen molar-refractivity contribution in [3.8, 4) is 0 Å². The van der Waals surface area contributed by atoms with Crippen LogP contribution in [0.1, 0.15) is 15.2 Å². The zero-order valence-corrected chi connectivity index (χ0v) is 12.0. The maximum absolute atomic E-state index is 11.9. The summed E-state index contributed by atoms with van der Waals surface area (Å²) >= 11 is 4.66. The van der Waals surface area contributed by atoms with E-state index in [1.165, 1.54) is 29.5 Å². The third kappa shape index (κ3) is 3.36. The fourth-order valence-electron chi connectivity index (χ4n) is 1.42. The smallest absolute Gasteiger partial charge is 0.269 e. The number of hydrogen-bond donors (Lipinski definition) is 0. The van der Waals surface area contributed by atoms with Crippen LogP contribution < -0.4 is 0 Å². The van der Waals surface area contributed by atoms with Gasteiger partial charge in [0, 0.05) is 16.6 Å². The summed E-state index contributed by atoms with van der Waals surface area (Å²) in [4.78, 5) is 22.5. The number of carbonyl (C=O) groups is 1. The summed E-state index contributed by atoms with van der Waals surface area (Å²) in [6.45, 7) is 0. The molecule has 1 aromatic carbocycles. The van der Waals surface area contributed by atoms with Gasteiger partial charge in [0.15, 0.2) is 5.78 Å². The molecule has 4 nitrogen and oxygen atoms in total. The van der Waals surface area contributed by atoms with Crippen molar-refractivity contribution in [3.63, 3.8) is 0 Å². The number of carbonyl (C=O) groups excluding carboxylic acids is 1. The molecule has 0 N–H and O–H groups in total. The first-order valence-electron chi connectivity index (χ1n) is 5.28. The van der Waals surface area contributed by atoms with Crippen LogP contribution in [-0.4, -0.2) is 10.7 Å². The lowest BCUT2D eigenvalue weighted by atomic mass is 10.1. The maximum atomic E-state index is 11.9. The van der Waals surface area contributed by atoms with E-state index in [2.05, 4.69) is 15.9 Å². The third-order valence-corrected chi connectivity index (χ3v) is 4.22. The summed E-state index contributed by atoms with van der Waals surface area (Å²) < 4.78 is 0.774. The largest absolute Gasteiger partial charge is 0.288 e. The summed E-state index contributed by atoms with van der Waals surface area (Å²) in [5.74, 6) is -0.0970. The highest BCUT2D eigenvalue weighted by Crippen LogP contribution is 2.23. The summed E-state index contributed by atoms with van der Waals surface area (Å²) in [6, 6.07) is 7.84. The Bertz CT molecular complexity index is 646. The normalized spacial score (nSPS) is 10.8. The van der Waals surface area contributed by atoms with Gasteiger partial charge in [0.25, 0.3) is 5.69 Å². The number of ketones is 1. The fraction of sp³-hybridized carbons (Fsp3) is 0. The Morgan fingerprint density at radius 2 is 1.95 bits per heavy atom. The Kier molecular flexibility index (Phi) is 4.24. The van der Waals surface area contributed by atoms with Crippen molar-refractivity contribution in [3.05, 3.63) is 66.8 Å². The molecule has 2 aromatic rings. The van der Waals surface area contributed by atoms with E-state index in [4.69, 9.17) is 0 Å². The number of hydrogen-bond acceptors (Lipinski definition) is 4. The molecule has 96 valence electrons. The molecule has 0 saturated heterocycles. The van der Waals surface area contributed by atoms with Crippen LogP contribution in [0.2, 0.25) is 0 Å². The highest BCUT2D eigenvalue weighted by atomic mass is 79.9. The molecule has 6 heteroatoms. The Morgan fingerprint density at radius 1 is 1.26 bits per heavy atom. The second kappa shape index (κ2) is 5.90. The molecule has 0 amide bonds. The molecule has 19 heavy (non-hydrogen) atoms. The van der Waals surface area contributed by atoms with Crippen LogP contribution in [-0.2, 0) is 0 Å². The number of nitro groups is 1. The third-order valence-electron chi connectivity index (χ3n) is 2.37. The van der Waals surface area contributed by atoms with Crippen molar-refractivity contribution in [2.24, 2.45) is 0 Å². The SMILES string of the molecule is O=C(C=Cc1ccc([N+](=O)[O-])cc1)c1sccc1Br. The average molecular weight is 338 g/mol. The first-order valence-corrected chi connectivity index (χ1v) is 6.95. The van der Waals surface area contributed by atoms with Gasteiger partial charge in [-0.1, -0.05) is 6.08 Å². The minimum Gasteiger partial charge on any atom is -0.288 e. The average Bonchev–Trinajstić information content (AvgIpc) is 2.83. The van der Waals surface area contributed by atoms with E-state index < -0.39 is 4.92 Å². The van der Waals surface area contributed by atoms with Crippen molar-refractivity contribution < 1.29 is 9.72 Å². The molecule has 0 spiro atoms. The van der Waals surface area contributed by atoms with E-state index in [1.54, 1.807) is 18.2 Å². The molecular formula is C13H8BrNO3S. The molecule has 0 saturated carbocycles. The van der Waals surface area contributed by atoms with Crippen molar-refractivity contribution in [2.75, 3.05) is 0 Å². The molecule has 0 fully saturated rings. The van der Waals surface area contributed by atoms with Gasteiger partial charge in [-0.2, -0.15) is 0 Å². The number of halogens is 1. The van der Waals surface area contributed by atoms with E-state index in [-0.39, 0.29) is 11.5 Å². The number of allylic oxidation sites excluding steroid dienone is 1.